The standard InChI is InChI=1S/C12H14N2O2S/c1-9-2-4-11(5-3-9)15-7-12-14-10(6-16-13)8-17-12/h2-5,8H,6-7,13H2,1H3. The summed E-state index contributed by atoms with van der Waals surface area (Å²) in [7, 11) is 0. The monoisotopic (exact) mass is 250 g/mol. The van der Waals surface area contributed by atoms with E-state index in [9.17, 15) is 0 Å². The lowest BCUT2D eigenvalue weighted by molar-refractivity contribution is 0.121. The number of hydrogen-bond acceptors (Lipinski definition) is 5. The van der Waals surface area contributed by atoms with Crippen molar-refractivity contribution in [2.75, 3.05) is 0 Å². The minimum atomic E-state index is 0.334. The van der Waals surface area contributed by atoms with E-state index in [2.05, 4.69) is 9.82 Å². The van der Waals surface area contributed by atoms with E-state index in [1.807, 2.05) is 36.6 Å². The van der Waals surface area contributed by atoms with Gasteiger partial charge in [0.05, 0.1) is 5.69 Å². The van der Waals surface area contributed by atoms with Crippen molar-refractivity contribution in [1.29, 1.82) is 0 Å². The molecule has 0 bridgehead atoms. The van der Waals surface area contributed by atoms with E-state index in [0.29, 0.717) is 13.2 Å². The Morgan fingerprint density at radius 1 is 1.24 bits per heavy atom. The van der Waals surface area contributed by atoms with Gasteiger partial charge < -0.3 is 4.74 Å². The van der Waals surface area contributed by atoms with Crippen LogP contribution >= 0.6 is 11.3 Å². The molecule has 90 valence electrons. The fourth-order valence-electron chi connectivity index (χ4n) is 1.35. The maximum atomic E-state index is 5.61. The lowest BCUT2D eigenvalue weighted by atomic mass is 10.2. The summed E-state index contributed by atoms with van der Waals surface area (Å²) in [5, 5.41) is 2.83. The molecule has 4 nitrogen and oxygen atoms in total. The summed E-state index contributed by atoms with van der Waals surface area (Å²) >= 11 is 1.54. The van der Waals surface area contributed by atoms with Crippen LogP contribution in [-0.2, 0) is 18.1 Å². The van der Waals surface area contributed by atoms with Gasteiger partial charge in [-0.3, -0.25) is 4.84 Å². The van der Waals surface area contributed by atoms with E-state index in [0.717, 1.165) is 16.5 Å². The first kappa shape index (κ1) is 12.0. The maximum Gasteiger partial charge on any atom is 0.140 e. The first-order valence-electron chi connectivity index (χ1n) is 5.22. The van der Waals surface area contributed by atoms with E-state index in [1.165, 1.54) is 5.56 Å². The summed E-state index contributed by atoms with van der Waals surface area (Å²) < 4.78 is 5.61. The van der Waals surface area contributed by atoms with E-state index in [4.69, 9.17) is 10.6 Å². The highest BCUT2D eigenvalue weighted by atomic mass is 32.1. The molecule has 0 spiro atoms. The molecule has 0 aliphatic rings. The molecule has 0 aliphatic heterocycles. The van der Waals surface area contributed by atoms with Crippen molar-refractivity contribution in [3.05, 3.63) is 45.9 Å². The molecule has 0 unspecified atom stereocenters. The highest BCUT2D eigenvalue weighted by molar-refractivity contribution is 7.09. The quantitative estimate of drug-likeness (QED) is 0.828. The minimum absolute atomic E-state index is 0.334. The van der Waals surface area contributed by atoms with Gasteiger partial charge in [0.25, 0.3) is 0 Å². The molecule has 17 heavy (non-hydrogen) atoms. The van der Waals surface area contributed by atoms with Crippen LogP contribution in [0, 0.1) is 6.92 Å². The SMILES string of the molecule is Cc1ccc(OCc2nc(CON)cs2)cc1. The third-order valence-corrected chi connectivity index (χ3v) is 3.08. The Kier molecular flexibility index (Phi) is 4.08. The second kappa shape index (κ2) is 5.77. The average molecular weight is 250 g/mol. The van der Waals surface area contributed by atoms with Gasteiger partial charge in [-0.25, -0.2) is 10.9 Å². The Hall–Kier alpha value is -1.43. The van der Waals surface area contributed by atoms with Gasteiger partial charge in [0, 0.05) is 5.38 Å². The largest absolute Gasteiger partial charge is 0.486 e. The van der Waals surface area contributed by atoms with Gasteiger partial charge in [0.15, 0.2) is 0 Å². The molecule has 1 aromatic carbocycles. The van der Waals surface area contributed by atoms with Gasteiger partial charge in [-0.15, -0.1) is 11.3 Å². The first-order chi connectivity index (χ1) is 8.28. The number of aryl methyl sites for hydroxylation is 1. The van der Waals surface area contributed by atoms with Crippen molar-refractivity contribution in [2.45, 2.75) is 20.1 Å². The fraction of sp³-hybridized carbons (Fsp3) is 0.250. The summed E-state index contributed by atoms with van der Waals surface area (Å²) in [5.41, 5.74) is 2.05. The number of rotatable bonds is 5. The average Bonchev–Trinajstić information content (AvgIpc) is 2.77. The highest BCUT2D eigenvalue weighted by Crippen LogP contribution is 2.16. The zero-order valence-electron chi connectivity index (χ0n) is 9.55. The predicted octanol–water partition coefficient (Wildman–Crippen LogP) is 2.42. The number of ether oxygens (including phenoxy) is 1. The number of thiazole rings is 1. The van der Waals surface area contributed by atoms with Gasteiger partial charge in [0.1, 0.15) is 24.0 Å². The summed E-state index contributed by atoms with van der Waals surface area (Å²) in [4.78, 5) is 8.84. The zero-order valence-corrected chi connectivity index (χ0v) is 10.4. The fourth-order valence-corrected chi connectivity index (χ4v) is 2.04. The Morgan fingerprint density at radius 2 is 2.00 bits per heavy atom. The summed E-state index contributed by atoms with van der Waals surface area (Å²) in [5.74, 6) is 5.83. The predicted molar refractivity (Wildman–Crippen MR) is 66.6 cm³/mol. The van der Waals surface area contributed by atoms with E-state index >= 15 is 0 Å². The molecule has 0 saturated heterocycles. The molecule has 1 heterocycles. The summed E-state index contributed by atoms with van der Waals surface area (Å²) in [6.45, 7) is 2.85. The van der Waals surface area contributed by atoms with Crippen LogP contribution in [0.5, 0.6) is 5.75 Å². The van der Waals surface area contributed by atoms with Crippen LogP contribution in [0.2, 0.25) is 0 Å². The topological polar surface area (TPSA) is 57.4 Å². The van der Waals surface area contributed by atoms with Crippen molar-refractivity contribution in [3.63, 3.8) is 0 Å². The Morgan fingerprint density at radius 3 is 2.71 bits per heavy atom. The van der Waals surface area contributed by atoms with Crippen molar-refractivity contribution in [1.82, 2.24) is 4.98 Å². The van der Waals surface area contributed by atoms with Crippen LogP contribution in [0.25, 0.3) is 0 Å². The second-order valence-electron chi connectivity index (χ2n) is 3.65. The number of benzene rings is 1. The Balaban J connectivity index is 1.90. The second-order valence-corrected chi connectivity index (χ2v) is 4.59. The Labute approximate surface area is 104 Å². The Bertz CT molecular complexity index is 468. The molecule has 0 atom stereocenters. The molecule has 1 aromatic heterocycles. The van der Waals surface area contributed by atoms with Crippen LogP contribution in [0.3, 0.4) is 0 Å². The molecule has 0 aliphatic carbocycles. The summed E-state index contributed by atoms with van der Waals surface area (Å²) in [6, 6.07) is 7.94. The molecule has 2 N–H and O–H groups in total. The van der Waals surface area contributed by atoms with Crippen molar-refractivity contribution in [2.24, 2.45) is 5.90 Å². The number of nitrogens with two attached hydrogens (primary N) is 1. The molecule has 0 amide bonds. The third-order valence-electron chi connectivity index (χ3n) is 2.21. The molecule has 5 heteroatoms. The first-order valence-corrected chi connectivity index (χ1v) is 6.10. The minimum Gasteiger partial charge on any atom is -0.486 e. The van der Waals surface area contributed by atoms with Gasteiger partial charge >= 0.3 is 0 Å². The summed E-state index contributed by atoms with van der Waals surface area (Å²) in [6.07, 6.45) is 0. The molecule has 0 fully saturated rings. The number of aromatic nitrogens is 1. The van der Waals surface area contributed by atoms with Gasteiger partial charge in [-0.05, 0) is 19.1 Å². The lowest BCUT2D eigenvalue weighted by Gasteiger charge is -2.03. The van der Waals surface area contributed by atoms with E-state index in [-0.39, 0.29) is 0 Å². The van der Waals surface area contributed by atoms with Crippen LogP contribution in [0.4, 0.5) is 0 Å². The molecular weight excluding hydrogens is 236 g/mol. The molecule has 2 rings (SSSR count). The lowest BCUT2D eigenvalue weighted by Crippen LogP contribution is -2.00. The van der Waals surface area contributed by atoms with Crippen LogP contribution in [0.15, 0.2) is 29.6 Å². The van der Waals surface area contributed by atoms with Gasteiger partial charge in [-0.1, -0.05) is 17.7 Å². The molecular formula is C12H14N2O2S. The number of nitrogens with zero attached hydrogens (tertiary/aromatic N) is 1. The highest BCUT2D eigenvalue weighted by Gasteiger charge is 2.02. The van der Waals surface area contributed by atoms with E-state index < -0.39 is 0 Å². The normalized spacial score (nSPS) is 10.5. The van der Waals surface area contributed by atoms with Crippen LogP contribution in [0.1, 0.15) is 16.3 Å². The van der Waals surface area contributed by atoms with Crippen molar-refractivity contribution >= 4 is 11.3 Å². The van der Waals surface area contributed by atoms with Crippen LogP contribution in [-0.4, -0.2) is 4.98 Å². The van der Waals surface area contributed by atoms with Gasteiger partial charge in [0.2, 0.25) is 0 Å². The molecule has 0 radical (unpaired) electrons. The maximum absolute atomic E-state index is 5.61. The van der Waals surface area contributed by atoms with E-state index in [1.54, 1.807) is 11.3 Å². The van der Waals surface area contributed by atoms with Crippen molar-refractivity contribution in [3.8, 4) is 5.75 Å². The van der Waals surface area contributed by atoms with Crippen LogP contribution < -0.4 is 10.6 Å². The van der Waals surface area contributed by atoms with Crippen molar-refractivity contribution < 1.29 is 9.57 Å². The molecule has 2 aromatic rings. The third kappa shape index (κ3) is 3.52. The smallest absolute Gasteiger partial charge is 0.140 e. The zero-order chi connectivity index (χ0) is 12.1. The number of hydrogen-bond donors (Lipinski definition) is 1. The molecule has 0 saturated carbocycles. The van der Waals surface area contributed by atoms with Gasteiger partial charge in [-0.2, -0.15) is 0 Å².